The van der Waals surface area contributed by atoms with Gasteiger partial charge in [0.25, 0.3) is 5.91 Å². The van der Waals surface area contributed by atoms with Crippen LogP contribution in [0.3, 0.4) is 0 Å². The number of halogens is 3. The second-order valence-corrected chi connectivity index (χ2v) is 9.88. The van der Waals surface area contributed by atoms with Crippen molar-refractivity contribution in [2.24, 2.45) is 5.92 Å². The van der Waals surface area contributed by atoms with Gasteiger partial charge < -0.3 is 15.5 Å². The van der Waals surface area contributed by atoms with E-state index in [0.717, 1.165) is 36.7 Å². The van der Waals surface area contributed by atoms with Crippen LogP contribution in [0.25, 0.3) is 0 Å². The number of hydrogen-bond acceptors (Lipinski definition) is 5. The molecule has 1 aromatic carbocycles. The molecule has 4 heterocycles. The van der Waals surface area contributed by atoms with Gasteiger partial charge in [-0.05, 0) is 62.2 Å². The van der Waals surface area contributed by atoms with Crippen molar-refractivity contribution in [1.82, 2.24) is 10.2 Å². The fourth-order valence-corrected chi connectivity index (χ4v) is 5.89. The zero-order valence-corrected chi connectivity index (χ0v) is 17.5. The first-order valence-corrected chi connectivity index (χ1v) is 11.2. The Bertz CT molecular complexity index is 939. The predicted octanol–water partition coefficient (Wildman–Crippen LogP) is 4.22. The number of nitrogens with one attached hydrogen (secondary N) is 2. The first kappa shape index (κ1) is 21.2. The molecule has 2 N–H and O–H groups in total. The minimum atomic E-state index is -4.94. The molecule has 2 aromatic rings. The number of anilines is 1. The highest BCUT2D eigenvalue weighted by molar-refractivity contribution is 8.01. The first-order chi connectivity index (χ1) is 14.3. The van der Waals surface area contributed by atoms with Crippen LogP contribution in [0.5, 0.6) is 0 Å². The smallest absolute Gasteiger partial charge is 0.347 e. The lowest BCUT2D eigenvalue weighted by Gasteiger charge is -2.44. The standard InChI is InChI=1S/C20H20F3N3O2S2/c21-20(22,23)19(28)24-13-2-1-3-14(10-13)29-17-5-4-16(30-17)18(27)25-15-11-26-8-6-12(15)7-9-26/h1-5,10,12,15H,6-9,11H2,(H,24,28)(H,25,27)/t15-/m0/s1. The minimum Gasteiger partial charge on any atom is -0.347 e. The van der Waals surface area contributed by atoms with Crippen LogP contribution < -0.4 is 10.6 Å². The number of thiophene rings is 1. The summed E-state index contributed by atoms with van der Waals surface area (Å²) in [5.74, 6) is -1.55. The molecular formula is C20H20F3N3O2S2. The van der Waals surface area contributed by atoms with Crippen molar-refractivity contribution in [2.75, 3.05) is 25.0 Å². The van der Waals surface area contributed by atoms with Gasteiger partial charge in [0.15, 0.2) is 0 Å². The van der Waals surface area contributed by atoms with Crippen molar-refractivity contribution in [2.45, 2.75) is 34.2 Å². The molecule has 3 fully saturated rings. The summed E-state index contributed by atoms with van der Waals surface area (Å²) in [4.78, 5) is 27.4. The van der Waals surface area contributed by atoms with Crippen molar-refractivity contribution in [3.05, 3.63) is 41.3 Å². The number of fused-ring (bicyclic) bond motifs is 3. The van der Waals surface area contributed by atoms with Gasteiger partial charge in [0, 0.05) is 23.2 Å². The summed E-state index contributed by atoms with van der Waals surface area (Å²) >= 11 is 2.67. The second-order valence-electron chi connectivity index (χ2n) is 7.42. The predicted molar refractivity (Wildman–Crippen MR) is 110 cm³/mol. The van der Waals surface area contributed by atoms with Gasteiger partial charge in [0.05, 0.1) is 9.09 Å². The Balaban J connectivity index is 1.37. The Morgan fingerprint density at radius 2 is 1.90 bits per heavy atom. The molecule has 0 saturated carbocycles. The van der Waals surface area contributed by atoms with Crippen molar-refractivity contribution >= 4 is 40.6 Å². The van der Waals surface area contributed by atoms with E-state index in [-0.39, 0.29) is 17.6 Å². The molecule has 0 spiro atoms. The molecule has 1 aromatic heterocycles. The van der Waals surface area contributed by atoms with Gasteiger partial charge in [-0.25, -0.2) is 0 Å². The monoisotopic (exact) mass is 455 g/mol. The summed E-state index contributed by atoms with van der Waals surface area (Å²) in [7, 11) is 0. The zero-order chi connectivity index (χ0) is 21.3. The number of hydrogen-bond donors (Lipinski definition) is 2. The number of carbonyl (C=O) groups excluding carboxylic acids is 2. The van der Waals surface area contributed by atoms with E-state index in [1.165, 1.54) is 35.2 Å². The summed E-state index contributed by atoms with van der Waals surface area (Å²) in [5, 5.41) is 5.00. The van der Waals surface area contributed by atoms with Gasteiger partial charge in [0.1, 0.15) is 0 Å². The quantitative estimate of drug-likeness (QED) is 0.709. The number of amides is 2. The van der Waals surface area contributed by atoms with Gasteiger partial charge in [-0.1, -0.05) is 17.8 Å². The normalized spacial score (nSPS) is 23.2. The van der Waals surface area contributed by atoms with E-state index < -0.39 is 12.1 Å². The topological polar surface area (TPSA) is 61.4 Å². The van der Waals surface area contributed by atoms with E-state index in [2.05, 4.69) is 10.2 Å². The Morgan fingerprint density at radius 1 is 1.13 bits per heavy atom. The molecule has 3 saturated heterocycles. The average molecular weight is 456 g/mol. The third kappa shape index (κ3) is 4.98. The summed E-state index contributed by atoms with van der Waals surface area (Å²) < 4.78 is 38.1. The van der Waals surface area contributed by atoms with Crippen molar-refractivity contribution < 1.29 is 22.8 Å². The van der Waals surface area contributed by atoms with Crippen LogP contribution in [-0.2, 0) is 4.79 Å². The molecule has 2 amide bonds. The van der Waals surface area contributed by atoms with Gasteiger partial charge >= 0.3 is 12.1 Å². The number of nitrogens with zero attached hydrogens (tertiary/aromatic N) is 1. The van der Waals surface area contributed by atoms with Crippen molar-refractivity contribution in [1.29, 1.82) is 0 Å². The zero-order valence-electron chi connectivity index (χ0n) is 15.9. The van der Waals surface area contributed by atoms with Crippen LogP contribution in [0.1, 0.15) is 22.5 Å². The maximum atomic E-state index is 12.6. The lowest BCUT2D eigenvalue weighted by Crippen LogP contribution is -2.57. The molecule has 160 valence electrons. The Morgan fingerprint density at radius 3 is 2.57 bits per heavy atom. The van der Waals surface area contributed by atoms with Gasteiger partial charge in [-0.2, -0.15) is 13.2 Å². The van der Waals surface area contributed by atoms with Crippen LogP contribution in [0.15, 0.2) is 45.5 Å². The van der Waals surface area contributed by atoms with Crippen molar-refractivity contribution in [3.8, 4) is 0 Å². The van der Waals surface area contributed by atoms with E-state index in [9.17, 15) is 22.8 Å². The third-order valence-electron chi connectivity index (χ3n) is 5.35. The number of alkyl halides is 3. The largest absolute Gasteiger partial charge is 0.471 e. The minimum absolute atomic E-state index is 0.0687. The lowest BCUT2D eigenvalue weighted by molar-refractivity contribution is -0.167. The molecule has 10 heteroatoms. The Hall–Kier alpha value is -2.04. The number of piperidine rings is 3. The molecule has 0 aliphatic carbocycles. The molecule has 0 unspecified atom stereocenters. The third-order valence-corrected chi connectivity index (χ3v) is 7.55. The van der Waals surface area contributed by atoms with E-state index in [4.69, 9.17) is 0 Å². The first-order valence-electron chi connectivity index (χ1n) is 9.57. The maximum absolute atomic E-state index is 12.6. The van der Waals surface area contributed by atoms with Crippen LogP contribution in [-0.4, -0.2) is 48.6 Å². The fourth-order valence-electron chi connectivity index (χ4n) is 3.82. The fraction of sp³-hybridized carbons (Fsp3) is 0.400. The van der Waals surface area contributed by atoms with Crippen LogP contribution in [0.4, 0.5) is 18.9 Å². The summed E-state index contributed by atoms with van der Waals surface area (Å²) in [6.07, 6.45) is -2.69. The summed E-state index contributed by atoms with van der Waals surface area (Å²) in [6.45, 7) is 3.12. The molecule has 1 atom stereocenters. The molecule has 5 rings (SSSR count). The molecule has 0 radical (unpaired) electrons. The Labute approximate surface area is 180 Å². The van der Waals surface area contributed by atoms with Gasteiger partial charge in [-0.3, -0.25) is 9.59 Å². The summed E-state index contributed by atoms with van der Waals surface area (Å²) in [5.41, 5.74) is 0.0687. The molecule has 3 aliphatic rings. The maximum Gasteiger partial charge on any atom is 0.471 e. The number of benzene rings is 1. The Kier molecular flexibility index (Phi) is 6.08. The number of carbonyl (C=O) groups is 2. The van der Waals surface area contributed by atoms with E-state index in [1.807, 2.05) is 11.4 Å². The van der Waals surface area contributed by atoms with Crippen LogP contribution in [0, 0.1) is 5.92 Å². The van der Waals surface area contributed by atoms with Crippen molar-refractivity contribution in [3.63, 3.8) is 0 Å². The highest BCUT2D eigenvalue weighted by atomic mass is 32.2. The average Bonchev–Trinajstić information content (AvgIpc) is 3.17. The highest BCUT2D eigenvalue weighted by Crippen LogP contribution is 2.35. The highest BCUT2D eigenvalue weighted by Gasteiger charge is 2.38. The molecule has 5 nitrogen and oxygen atoms in total. The summed E-state index contributed by atoms with van der Waals surface area (Å²) in [6, 6.07) is 9.95. The van der Waals surface area contributed by atoms with Crippen LogP contribution >= 0.6 is 23.1 Å². The molecular weight excluding hydrogens is 435 g/mol. The second kappa shape index (κ2) is 8.60. The van der Waals surface area contributed by atoms with E-state index in [0.29, 0.717) is 15.7 Å². The lowest BCUT2D eigenvalue weighted by atomic mass is 9.84. The molecule has 2 bridgehead atoms. The number of rotatable bonds is 5. The van der Waals surface area contributed by atoms with Gasteiger partial charge in [0.2, 0.25) is 0 Å². The molecule has 3 aliphatic heterocycles. The van der Waals surface area contributed by atoms with Crippen LogP contribution in [0.2, 0.25) is 0 Å². The molecule has 30 heavy (non-hydrogen) atoms. The SMILES string of the molecule is O=C(N[C@H]1CN2CCC1CC2)c1ccc(Sc2cccc(NC(=O)C(F)(F)F)c2)s1. The van der Waals surface area contributed by atoms with E-state index >= 15 is 0 Å². The van der Waals surface area contributed by atoms with E-state index in [1.54, 1.807) is 18.2 Å². The van der Waals surface area contributed by atoms with Gasteiger partial charge in [-0.15, -0.1) is 11.3 Å².